The minimum absolute atomic E-state index is 0.0182. The van der Waals surface area contributed by atoms with E-state index in [0.29, 0.717) is 16.5 Å². The van der Waals surface area contributed by atoms with E-state index in [-0.39, 0.29) is 11.5 Å². The molecular weight excluding hydrogens is 282 g/mol. The normalized spacial score (nSPS) is 11.4. The zero-order chi connectivity index (χ0) is 14.9. The Kier molecular flexibility index (Phi) is 4.33. The van der Waals surface area contributed by atoms with Crippen molar-refractivity contribution in [2.75, 3.05) is 0 Å². The fourth-order valence-corrected chi connectivity index (χ4v) is 2.54. The molecule has 0 unspecified atom stereocenters. The lowest BCUT2D eigenvalue weighted by atomic mass is 10.0. The number of aryl methyl sites for hydroxylation is 1. The molecule has 1 aromatic carbocycles. The third kappa shape index (κ3) is 2.96. The van der Waals surface area contributed by atoms with E-state index >= 15 is 0 Å². The number of halogens is 3. The Balaban J connectivity index is 2.43. The number of rotatable bonds is 3. The van der Waals surface area contributed by atoms with Gasteiger partial charge in [0.1, 0.15) is 5.15 Å². The summed E-state index contributed by atoms with van der Waals surface area (Å²) in [5.41, 5.74) is 2.39. The van der Waals surface area contributed by atoms with Crippen LogP contribution in [0.15, 0.2) is 24.3 Å². The van der Waals surface area contributed by atoms with Gasteiger partial charge in [-0.15, -0.1) is 0 Å². The summed E-state index contributed by atoms with van der Waals surface area (Å²) in [6, 6.07) is 5.93. The largest absolute Gasteiger partial charge is 0.263 e. The average Bonchev–Trinajstić information content (AvgIpc) is 2.37. The maximum absolute atomic E-state index is 12.5. The highest BCUT2D eigenvalue weighted by Crippen LogP contribution is 2.28. The zero-order valence-electron chi connectivity index (χ0n) is 11.5. The smallest absolute Gasteiger partial charge is 0.233 e. The van der Waals surface area contributed by atoms with Crippen LogP contribution in [-0.4, -0.2) is 9.97 Å². The van der Waals surface area contributed by atoms with Crippen molar-refractivity contribution in [1.82, 2.24) is 9.97 Å². The van der Waals surface area contributed by atoms with Crippen molar-refractivity contribution in [1.29, 1.82) is 0 Å². The molecule has 20 heavy (non-hydrogen) atoms. The van der Waals surface area contributed by atoms with E-state index in [4.69, 9.17) is 11.6 Å². The average molecular weight is 297 g/mol. The molecular formula is C15H15ClF2N2. The van der Waals surface area contributed by atoms with Gasteiger partial charge in [-0.25, -0.2) is 18.7 Å². The van der Waals surface area contributed by atoms with Crippen molar-refractivity contribution in [2.45, 2.75) is 33.1 Å². The Morgan fingerprint density at radius 2 is 1.65 bits per heavy atom. The lowest BCUT2D eigenvalue weighted by molar-refractivity contribution is 0.151. The Labute approximate surface area is 121 Å². The zero-order valence-corrected chi connectivity index (χ0v) is 12.2. The fourth-order valence-electron chi connectivity index (χ4n) is 2.11. The first-order chi connectivity index (χ1) is 9.40. The van der Waals surface area contributed by atoms with Crippen LogP contribution in [0.1, 0.15) is 43.0 Å². The van der Waals surface area contributed by atoms with Crippen molar-refractivity contribution in [3.8, 4) is 11.4 Å². The molecule has 0 fully saturated rings. The summed E-state index contributed by atoms with van der Waals surface area (Å²) in [6.07, 6.45) is -2.47. The first-order valence-corrected chi connectivity index (χ1v) is 6.70. The molecule has 0 saturated carbocycles. The second-order valence-corrected chi connectivity index (χ2v) is 5.27. The van der Waals surface area contributed by atoms with Gasteiger partial charge in [0, 0.05) is 22.4 Å². The predicted molar refractivity (Wildman–Crippen MR) is 76.3 cm³/mol. The van der Waals surface area contributed by atoms with Gasteiger partial charge in [0.05, 0.1) is 0 Å². The summed E-state index contributed by atoms with van der Waals surface area (Å²) in [7, 11) is 0. The lowest BCUT2D eigenvalue weighted by Crippen LogP contribution is -2.02. The third-order valence-electron chi connectivity index (χ3n) is 3.09. The molecule has 1 heterocycles. The van der Waals surface area contributed by atoms with Gasteiger partial charge in [-0.1, -0.05) is 49.7 Å². The van der Waals surface area contributed by atoms with E-state index in [1.54, 1.807) is 12.1 Å². The number of aromatic nitrogens is 2. The number of hydrogen-bond donors (Lipinski definition) is 0. The van der Waals surface area contributed by atoms with Crippen LogP contribution in [0, 0.1) is 6.92 Å². The molecule has 2 rings (SSSR count). The van der Waals surface area contributed by atoms with E-state index in [9.17, 15) is 8.78 Å². The first kappa shape index (κ1) is 14.9. The number of benzene rings is 1. The Bertz CT molecular complexity index is 587. The molecule has 2 nitrogen and oxygen atoms in total. The van der Waals surface area contributed by atoms with Crippen LogP contribution in [0.4, 0.5) is 8.78 Å². The molecule has 106 valence electrons. The van der Waals surface area contributed by atoms with Crippen LogP contribution < -0.4 is 0 Å². The molecule has 2 aromatic rings. The van der Waals surface area contributed by atoms with Crippen molar-refractivity contribution >= 4 is 11.6 Å². The second-order valence-electron chi connectivity index (χ2n) is 4.91. The minimum Gasteiger partial charge on any atom is -0.233 e. The lowest BCUT2D eigenvalue weighted by Gasteiger charge is -2.12. The second kappa shape index (κ2) is 5.83. The molecule has 0 spiro atoms. The molecule has 0 radical (unpaired) electrons. The van der Waals surface area contributed by atoms with E-state index in [0.717, 1.165) is 11.3 Å². The highest BCUT2D eigenvalue weighted by molar-refractivity contribution is 6.30. The highest BCUT2D eigenvalue weighted by Gasteiger charge is 2.14. The molecule has 0 aliphatic rings. The topological polar surface area (TPSA) is 25.8 Å². The Hall–Kier alpha value is -1.55. The molecule has 0 aliphatic heterocycles. The Morgan fingerprint density at radius 1 is 1.05 bits per heavy atom. The van der Waals surface area contributed by atoms with Crippen LogP contribution in [0.5, 0.6) is 0 Å². The number of alkyl halides is 2. The summed E-state index contributed by atoms with van der Waals surface area (Å²) >= 11 is 6.19. The van der Waals surface area contributed by atoms with Crippen LogP contribution >= 0.6 is 11.6 Å². The van der Waals surface area contributed by atoms with Crippen molar-refractivity contribution in [2.24, 2.45) is 0 Å². The van der Waals surface area contributed by atoms with Crippen LogP contribution in [-0.2, 0) is 0 Å². The SMILES string of the molecule is Cc1nc(-c2ccc(C(F)F)cc2)nc(Cl)c1C(C)C. The molecule has 5 heteroatoms. The van der Waals surface area contributed by atoms with Gasteiger partial charge in [0.2, 0.25) is 0 Å². The van der Waals surface area contributed by atoms with Crippen LogP contribution in [0.3, 0.4) is 0 Å². The standard InChI is InChI=1S/C15H15ClF2N2/c1-8(2)12-9(3)19-15(20-13(12)16)11-6-4-10(5-7-11)14(17)18/h4-8,14H,1-3H3. The summed E-state index contributed by atoms with van der Waals surface area (Å²) < 4.78 is 25.0. The molecule has 1 aromatic heterocycles. The summed E-state index contributed by atoms with van der Waals surface area (Å²) in [6.45, 7) is 5.92. The monoisotopic (exact) mass is 296 g/mol. The first-order valence-electron chi connectivity index (χ1n) is 6.32. The quantitative estimate of drug-likeness (QED) is 0.731. The van der Waals surface area contributed by atoms with Gasteiger partial charge in [-0.05, 0) is 12.8 Å². The van der Waals surface area contributed by atoms with Gasteiger partial charge in [-0.3, -0.25) is 0 Å². The predicted octanol–water partition coefficient (Wildman–Crippen LogP) is 5.17. The molecule has 0 aliphatic carbocycles. The van der Waals surface area contributed by atoms with E-state index in [2.05, 4.69) is 9.97 Å². The van der Waals surface area contributed by atoms with Crippen molar-refractivity contribution < 1.29 is 8.78 Å². The van der Waals surface area contributed by atoms with E-state index in [1.165, 1.54) is 12.1 Å². The number of nitrogens with zero attached hydrogens (tertiary/aromatic N) is 2. The summed E-state index contributed by atoms with van der Waals surface area (Å²) in [5, 5.41) is 0.417. The van der Waals surface area contributed by atoms with Gasteiger partial charge >= 0.3 is 0 Å². The molecule has 0 atom stereocenters. The van der Waals surface area contributed by atoms with Crippen molar-refractivity contribution in [3.63, 3.8) is 0 Å². The van der Waals surface area contributed by atoms with Gasteiger partial charge < -0.3 is 0 Å². The van der Waals surface area contributed by atoms with E-state index < -0.39 is 6.43 Å². The van der Waals surface area contributed by atoms with Crippen LogP contribution in [0.2, 0.25) is 5.15 Å². The van der Waals surface area contributed by atoms with Gasteiger partial charge in [0.15, 0.2) is 5.82 Å². The summed E-state index contributed by atoms with van der Waals surface area (Å²) in [5.74, 6) is 0.690. The number of hydrogen-bond acceptors (Lipinski definition) is 2. The minimum atomic E-state index is -2.47. The maximum atomic E-state index is 12.5. The van der Waals surface area contributed by atoms with Crippen molar-refractivity contribution in [3.05, 3.63) is 46.2 Å². The van der Waals surface area contributed by atoms with Crippen LogP contribution in [0.25, 0.3) is 11.4 Å². The molecule has 0 bridgehead atoms. The highest BCUT2D eigenvalue weighted by atomic mass is 35.5. The molecule has 0 amide bonds. The fraction of sp³-hybridized carbons (Fsp3) is 0.333. The molecule has 0 saturated heterocycles. The Morgan fingerprint density at radius 3 is 2.10 bits per heavy atom. The maximum Gasteiger partial charge on any atom is 0.263 e. The molecule has 0 N–H and O–H groups in total. The summed E-state index contributed by atoms with van der Waals surface area (Å²) in [4.78, 5) is 8.68. The third-order valence-corrected chi connectivity index (χ3v) is 3.38. The van der Waals surface area contributed by atoms with Gasteiger partial charge in [0.25, 0.3) is 6.43 Å². The van der Waals surface area contributed by atoms with E-state index in [1.807, 2.05) is 20.8 Å². The van der Waals surface area contributed by atoms with Gasteiger partial charge in [-0.2, -0.15) is 0 Å².